The molecule has 4 nitrogen and oxygen atoms in total. The van der Waals surface area contributed by atoms with Gasteiger partial charge in [-0.25, -0.2) is 0 Å². The lowest BCUT2D eigenvalue weighted by Crippen LogP contribution is -2.46. The molecule has 1 aromatic carbocycles. The number of hydrogen-bond acceptors (Lipinski definition) is 3. The Morgan fingerprint density at radius 1 is 1.35 bits per heavy atom. The van der Waals surface area contributed by atoms with Crippen LogP contribution in [0.2, 0.25) is 0 Å². The van der Waals surface area contributed by atoms with Crippen LogP contribution >= 0.6 is 0 Å². The van der Waals surface area contributed by atoms with Gasteiger partial charge < -0.3 is 4.74 Å². The van der Waals surface area contributed by atoms with Crippen molar-refractivity contribution < 1.29 is 14.3 Å². The smallest absolute Gasteiger partial charge is 0.230 e. The molecule has 1 aromatic rings. The van der Waals surface area contributed by atoms with Gasteiger partial charge in [0.25, 0.3) is 0 Å². The van der Waals surface area contributed by atoms with Crippen LogP contribution in [0, 0.1) is 11.8 Å². The van der Waals surface area contributed by atoms with E-state index in [1.807, 2.05) is 45.0 Å². The molecule has 2 amide bonds. The summed E-state index contributed by atoms with van der Waals surface area (Å²) >= 11 is 0. The van der Waals surface area contributed by atoms with E-state index in [2.05, 4.69) is 5.32 Å². The molecular weight excluding hydrogens is 254 g/mol. The molecule has 1 N–H and O–H groups in total. The number of hydrogen-bond donors (Lipinski definition) is 1. The van der Waals surface area contributed by atoms with Gasteiger partial charge in [0, 0.05) is 18.3 Å². The van der Waals surface area contributed by atoms with E-state index in [0.29, 0.717) is 13.0 Å². The van der Waals surface area contributed by atoms with Gasteiger partial charge in [-0.1, -0.05) is 26.0 Å². The normalized spacial score (nSPS) is 22.8. The third-order valence-corrected chi connectivity index (χ3v) is 3.72. The van der Waals surface area contributed by atoms with Gasteiger partial charge in [0.05, 0.1) is 6.61 Å². The SMILES string of the molecule is CCOc1cccc(C2CC(=O)NC(=O)C2C(C)C)c1. The van der Waals surface area contributed by atoms with Crippen LogP contribution in [-0.2, 0) is 9.59 Å². The van der Waals surface area contributed by atoms with Gasteiger partial charge in [-0.05, 0) is 30.5 Å². The van der Waals surface area contributed by atoms with Crippen molar-refractivity contribution in [2.24, 2.45) is 11.8 Å². The Morgan fingerprint density at radius 2 is 2.10 bits per heavy atom. The summed E-state index contributed by atoms with van der Waals surface area (Å²) in [6, 6.07) is 7.71. The van der Waals surface area contributed by atoms with Crippen LogP contribution in [0.1, 0.15) is 38.7 Å². The Balaban J connectivity index is 2.33. The van der Waals surface area contributed by atoms with Crippen molar-refractivity contribution in [1.82, 2.24) is 5.32 Å². The predicted molar refractivity (Wildman–Crippen MR) is 76.4 cm³/mol. The molecule has 0 aliphatic carbocycles. The molecule has 1 aliphatic rings. The van der Waals surface area contributed by atoms with Crippen LogP contribution < -0.4 is 10.1 Å². The third-order valence-electron chi connectivity index (χ3n) is 3.72. The number of ether oxygens (including phenoxy) is 1. The maximum Gasteiger partial charge on any atom is 0.230 e. The fourth-order valence-corrected chi connectivity index (χ4v) is 2.88. The molecule has 0 bridgehead atoms. The average Bonchev–Trinajstić information content (AvgIpc) is 2.38. The molecule has 108 valence electrons. The highest BCUT2D eigenvalue weighted by Crippen LogP contribution is 2.37. The zero-order chi connectivity index (χ0) is 14.7. The molecule has 1 aliphatic heterocycles. The molecule has 1 fully saturated rings. The number of rotatable bonds is 4. The van der Waals surface area contributed by atoms with E-state index in [-0.39, 0.29) is 29.6 Å². The van der Waals surface area contributed by atoms with Crippen molar-refractivity contribution in [3.8, 4) is 5.75 Å². The van der Waals surface area contributed by atoms with Crippen LogP contribution in [0.25, 0.3) is 0 Å². The first-order chi connectivity index (χ1) is 9.52. The second-order valence-electron chi connectivity index (χ2n) is 5.50. The summed E-state index contributed by atoms with van der Waals surface area (Å²) < 4.78 is 5.50. The molecule has 20 heavy (non-hydrogen) atoms. The number of nitrogens with one attached hydrogen (secondary N) is 1. The average molecular weight is 275 g/mol. The quantitative estimate of drug-likeness (QED) is 0.859. The van der Waals surface area contributed by atoms with Crippen molar-refractivity contribution in [3.05, 3.63) is 29.8 Å². The molecule has 0 spiro atoms. The minimum absolute atomic E-state index is 0.0725. The van der Waals surface area contributed by atoms with Crippen molar-refractivity contribution in [1.29, 1.82) is 0 Å². The predicted octanol–water partition coefficient (Wildman–Crippen LogP) is 2.49. The first kappa shape index (κ1) is 14.6. The standard InChI is InChI=1S/C16H21NO3/c1-4-20-12-7-5-6-11(8-12)13-9-14(18)17-16(19)15(13)10(2)3/h5-8,10,13,15H,4,9H2,1-3H3,(H,17,18,19). The second-order valence-corrected chi connectivity index (χ2v) is 5.50. The van der Waals surface area contributed by atoms with E-state index in [4.69, 9.17) is 4.74 Å². The highest BCUT2D eigenvalue weighted by Gasteiger charge is 2.38. The summed E-state index contributed by atoms with van der Waals surface area (Å²) in [7, 11) is 0. The largest absolute Gasteiger partial charge is 0.494 e. The van der Waals surface area contributed by atoms with Crippen LogP contribution in [0.15, 0.2) is 24.3 Å². The summed E-state index contributed by atoms with van der Waals surface area (Å²) in [6.07, 6.45) is 0.351. The number of amides is 2. The van der Waals surface area contributed by atoms with Gasteiger partial charge in [0.1, 0.15) is 5.75 Å². The van der Waals surface area contributed by atoms with Crippen LogP contribution in [0.3, 0.4) is 0 Å². The van der Waals surface area contributed by atoms with E-state index in [0.717, 1.165) is 11.3 Å². The van der Waals surface area contributed by atoms with E-state index >= 15 is 0 Å². The van der Waals surface area contributed by atoms with Gasteiger partial charge in [-0.15, -0.1) is 0 Å². The molecule has 4 heteroatoms. The topological polar surface area (TPSA) is 55.4 Å². The number of imide groups is 1. The summed E-state index contributed by atoms with van der Waals surface area (Å²) in [6.45, 7) is 6.56. The van der Waals surface area contributed by atoms with Crippen LogP contribution in [0.4, 0.5) is 0 Å². The zero-order valence-electron chi connectivity index (χ0n) is 12.2. The van der Waals surface area contributed by atoms with E-state index in [1.54, 1.807) is 0 Å². The Labute approximate surface area is 119 Å². The first-order valence-corrected chi connectivity index (χ1v) is 7.09. The number of benzene rings is 1. The monoisotopic (exact) mass is 275 g/mol. The maximum atomic E-state index is 12.1. The summed E-state index contributed by atoms with van der Waals surface area (Å²) in [4.78, 5) is 23.8. The van der Waals surface area contributed by atoms with Crippen molar-refractivity contribution in [2.75, 3.05) is 6.61 Å². The van der Waals surface area contributed by atoms with E-state index < -0.39 is 0 Å². The fraction of sp³-hybridized carbons (Fsp3) is 0.500. The lowest BCUT2D eigenvalue weighted by Gasteiger charge is -2.33. The van der Waals surface area contributed by atoms with Crippen molar-refractivity contribution in [3.63, 3.8) is 0 Å². The first-order valence-electron chi connectivity index (χ1n) is 7.09. The van der Waals surface area contributed by atoms with Gasteiger partial charge >= 0.3 is 0 Å². The third kappa shape index (κ3) is 3.00. The minimum Gasteiger partial charge on any atom is -0.494 e. The molecule has 1 saturated heterocycles. The van der Waals surface area contributed by atoms with Gasteiger partial charge in [0.15, 0.2) is 0 Å². The van der Waals surface area contributed by atoms with Crippen molar-refractivity contribution in [2.45, 2.75) is 33.1 Å². The van der Waals surface area contributed by atoms with Crippen molar-refractivity contribution >= 4 is 11.8 Å². The Kier molecular flexibility index (Phi) is 4.42. The highest BCUT2D eigenvalue weighted by molar-refractivity contribution is 6.00. The summed E-state index contributed by atoms with van der Waals surface area (Å²) in [5.41, 5.74) is 0.998. The fourth-order valence-electron chi connectivity index (χ4n) is 2.88. The van der Waals surface area contributed by atoms with Crippen LogP contribution in [-0.4, -0.2) is 18.4 Å². The number of piperidine rings is 1. The minimum atomic E-state index is -0.196. The molecule has 0 radical (unpaired) electrons. The molecule has 2 rings (SSSR count). The second kappa shape index (κ2) is 6.07. The number of carbonyl (C=O) groups is 2. The molecule has 0 saturated carbocycles. The highest BCUT2D eigenvalue weighted by atomic mass is 16.5. The van der Waals surface area contributed by atoms with Gasteiger partial charge in [-0.3, -0.25) is 14.9 Å². The molecular formula is C16H21NO3. The Morgan fingerprint density at radius 3 is 2.75 bits per heavy atom. The summed E-state index contributed by atoms with van der Waals surface area (Å²) in [5, 5.41) is 2.44. The Hall–Kier alpha value is -1.84. The van der Waals surface area contributed by atoms with Gasteiger partial charge in [0.2, 0.25) is 11.8 Å². The summed E-state index contributed by atoms with van der Waals surface area (Å²) in [5.74, 6) is 0.359. The van der Waals surface area contributed by atoms with Gasteiger partial charge in [-0.2, -0.15) is 0 Å². The Bertz CT molecular complexity index is 510. The molecule has 1 heterocycles. The van der Waals surface area contributed by atoms with E-state index in [1.165, 1.54) is 0 Å². The van der Waals surface area contributed by atoms with Crippen LogP contribution in [0.5, 0.6) is 5.75 Å². The van der Waals surface area contributed by atoms with E-state index in [9.17, 15) is 9.59 Å². The maximum absolute atomic E-state index is 12.1. The molecule has 2 atom stereocenters. The zero-order valence-corrected chi connectivity index (χ0v) is 12.2. The lowest BCUT2D eigenvalue weighted by molar-refractivity contribution is -0.138. The lowest BCUT2D eigenvalue weighted by atomic mass is 9.75. The number of carbonyl (C=O) groups excluding carboxylic acids is 2. The molecule has 0 aromatic heterocycles. The molecule has 2 unspecified atom stereocenters.